The third-order valence-corrected chi connectivity index (χ3v) is 12.0. The number of nitrogens with zero attached hydrogens (tertiary/aromatic N) is 2. The molecule has 1 saturated heterocycles. The molecule has 2 aromatic rings. The van der Waals surface area contributed by atoms with Crippen LogP contribution >= 0.6 is 0 Å². The van der Waals surface area contributed by atoms with Crippen molar-refractivity contribution < 1.29 is 29.1 Å². The van der Waals surface area contributed by atoms with Crippen LogP contribution in [0.5, 0.6) is 5.88 Å². The number of nitrogens with one attached hydrogen (secondary N) is 4. The second kappa shape index (κ2) is 16.3. The summed E-state index contributed by atoms with van der Waals surface area (Å²) < 4.78 is 1.74. The third-order valence-electron chi connectivity index (χ3n) is 12.0. The number of rotatable bonds is 15. The van der Waals surface area contributed by atoms with Crippen LogP contribution in [0.3, 0.4) is 0 Å². The van der Waals surface area contributed by atoms with Crippen LogP contribution in [0.25, 0.3) is 10.8 Å². The van der Waals surface area contributed by atoms with Crippen LogP contribution in [0, 0.1) is 28.6 Å². The van der Waals surface area contributed by atoms with Crippen molar-refractivity contribution >= 4 is 40.3 Å². The molecular formula is C41H60N6O6. The minimum Gasteiger partial charge on any atom is -0.494 e. The van der Waals surface area contributed by atoms with Crippen LogP contribution < -0.4 is 21.3 Å². The van der Waals surface area contributed by atoms with E-state index in [2.05, 4.69) is 41.7 Å². The maximum Gasteiger partial charge on any atom is 0.315 e. The molecule has 3 aliphatic rings. The summed E-state index contributed by atoms with van der Waals surface area (Å²) in [5.41, 5.74) is -0.577. The Morgan fingerprint density at radius 3 is 2.38 bits per heavy atom. The molecule has 2 saturated carbocycles. The molecule has 0 spiro atoms. The number of piperidine rings is 1. The fourth-order valence-corrected chi connectivity index (χ4v) is 8.59. The van der Waals surface area contributed by atoms with Gasteiger partial charge in [0.25, 0.3) is 5.91 Å². The molecule has 1 unspecified atom stereocenters. The van der Waals surface area contributed by atoms with E-state index in [4.69, 9.17) is 0 Å². The van der Waals surface area contributed by atoms with Crippen molar-refractivity contribution in [3.63, 3.8) is 0 Å². The number of urea groups is 1. The van der Waals surface area contributed by atoms with Gasteiger partial charge in [-0.1, -0.05) is 97.9 Å². The first kappa shape index (κ1) is 39.8. The lowest BCUT2D eigenvalue weighted by molar-refractivity contribution is -0.144. The predicted octanol–water partition coefficient (Wildman–Crippen LogP) is 5.04. The maximum absolute atomic E-state index is 14.7. The van der Waals surface area contributed by atoms with E-state index in [1.807, 2.05) is 58.2 Å². The minimum absolute atomic E-state index is 0.0961. The van der Waals surface area contributed by atoms with E-state index in [9.17, 15) is 29.1 Å². The van der Waals surface area contributed by atoms with Crippen LogP contribution in [-0.2, 0) is 25.7 Å². The maximum atomic E-state index is 14.7. The molecule has 5 amide bonds. The molecule has 0 bridgehead atoms. The first-order valence-corrected chi connectivity index (χ1v) is 19.5. The van der Waals surface area contributed by atoms with Crippen LogP contribution in [0.15, 0.2) is 43.1 Å². The smallest absolute Gasteiger partial charge is 0.315 e. The lowest BCUT2D eigenvalue weighted by Gasteiger charge is -2.38. The van der Waals surface area contributed by atoms with Crippen molar-refractivity contribution in [1.29, 1.82) is 0 Å². The Kier molecular flexibility index (Phi) is 12.3. The van der Waals surface area contributed by atoms with E-state index < -0.39 is 53.2 Å². The fraction of sp³-hybridized carbons (Fsp3) is 0.634. The molecule has 5 rings (SSSR count). The highest BCUT2D eigenvalue weighted by Gasteiger charge is 2.69. The number of amides is 5. The molecular weight excluding hydrogens is 672 g/mol. The zero-order valence-corrected chi connectivity index (χ0v) is 32.4. The molecule has 290 valence electrons. The Morgan fingerprint density at radius 2 is 1.74 bits per heavy atom. The number of aromatic hydroxyl groups is 1. The number of carbonyl (C=O) groups excluding carboxylic acids is 5. The average Bonchev–Trinajstić information content (AvgIpc) is 3.40. The van der Waals surface area contributed by atoms with Gasteiger partial charge in [-0.2, -0.15) is 0 Å². The molecule has 5 N–H and O–H groups in total. The van der Waals surface area contributed by atoms with Gasteiger partial charge in [-0.25, -0.2) is 4.79 Å². The Labute approximate surface area is 313 Å². The quantitative estimate of drug-likeness (QED) is 0.127. The number of hydrogen-bond donors (Lipinski definition) is 5. The van der Waals surface area contributed by atoms with Crippen molar-refractivity contribution in [2.75, 3.05) is 13.1 Å². The van der Waals surface area contributed by atoms with Crippen molar-refractivity contribution in [2.24, 2.45) is 28.6 Å². The largest absolute Gasteiger partial charge is 0.494 e. The first-order chi connectivity index (χ1) is 25.1. The highest BCUT2D eigenvalue weighted by atomic mass is 16.3. The molecule has 12 nitrogen and oxygen atoms in total. The normalized spacial score (nSPS) is 22.6. The molecule has 2 heterocycles. The van der Waals surface area contributed by atoms with Crippen molar-refractivity contribution in [3.05, 3.63) is 43.1 Å². The Morgan fingerprint density at radius 1 is 1.04 bits per heavy atom. The number of ketones is 1. The number of aromatic nitrogens is 1. The number of likely N-dealkylation sites (tertiary alicyclic amines) is 1. The second-order valence-corrected chi connectivity index (χ2v) is 17.1. The van der Waals surface area contributed by atoms with Crippen LogP contribution in [0.1, 0.15) is 92.9 Å². The predicted molar refractivity (Wildman–Crippen MR) is 205 cm³/mol. The van der Waals surface area contributed by atoms with Gasteiger partial charge in [0.2, 0.25) is 17.6 Å². The monoisotopic (exact) mass is 732 g/mol. The molecule has 1 aromatic heterocycles. The summed E-state index contributed by atoms with van der Waals surface area (Å²) in [6, 6.07) is 3.98. The van der Waals surface area contributed by atoms with Crippen LogP contribution in [-0.4, -0.2) is 81.4 Å². The number of hydrogen-bond acceptors (Lipinski definition) is 6. The summed E-state index contributed by atoms with van der Waals surface area (Å²) in [7, 11) is 0. The number of benzene rings is 1. The van der Waals surface area contributed by atoms with Crippen molar-refractivity contribution in [3.8, 4) is 5.88 Å². The molecule has 0 radical (unpaired) electrons. The van der Waals surface area contributed by atoms with Gasteiger partial charge < -0.3 is 35.8 Å². The van der Waals surface area contributed by atoms with Gasteiger partial charge in [0.1, 0.15) is 12.1 Å². The van der Waals surface area contributed by atoms with Gasteiger partial charge >= 0.3 is 6.03 Å². The summed E-state index contributed by atoms with van der Waals surface area (Å²) in [5.74, 6) is -2.23. The minimum atomic E-state index is -1.02. The standard InChI is InChI=1S/C41H60N6O6/c1-8-10-20-29(34(48)36(50)42-21-9-2)43-35(49)33-31-28(41(31,6)7)23-47(33)38(52)32(25-16-12-11-13-17-25)45-39(53)44-30(40(3,4)5)24-46-22-26-18-14-15-19-27(26)37(46)51/h9,14-15,18-19,22,25,28-33,51H,2,8,10-13,16-17,20-21,23-24H2,1,3-7H3,(H,42,50)(H,43,49)(H2,44,45,53)/t28-,29?,30+,31-,32-,33-/m0/s1. The molecule has 6 atom stereocenters. The van der Waals surface area contributed by atoms with Crippen LogP contribution in [0.4, 0.5) is 4.79 Å². The number of Topliss-reactive ketones (excluding diaryl/α,β-unsaturated/α-hetero) is 1. The lowest BCUT2D eigenvalue weighted by Crippen LogP contribution is -2.61. The van der Waals surface area contributed by atoms with Crippen molar-refractivity contribution in [1.82, 2.24) is 30.7 Å². The average molecular weight is 733 g/mol. The van der Waals surface area contributed by atoms with Gasteiger partial charge in [0.15, 0.2) is 5.88 Å². The Balaban J connectivity index is 1.36. The first-order valence-electron chi connectivity index (χ1n) is 19.5. The van der Waals surface area contributed by atoms with Gasteiger partial charge in [-0.05, 0) is 53.9 Å². The van der Waals surface area contributed by atoms with Gasteiger partial charge in [-0.3, -0.25) is 19.2 Å². The van der Waals surface area contributed by atoms with Gasteiger partial charge in [-0.15, -0.1) is 6.58 Å². The molecule has 12 heteroatoms. The SMILES string of the molecule is C=CCNC(=O)C(=O)C(CCCC)NC(=O)[C@@H]1[C@@H]2[C@H](CN1C(=O)[C@@H](NC(=O)N[C@H](Cn1cc3ccccc3c1O)C(C)(C)C)C1CCCCC1)C2(C)C. The highest BCUT2D eigenvalue weighted by molar-refractivity contribution is 6.38. The molecule has 1 aliphatic heterocycles. The topological polar surface area (TPSA) is 162 Å². The number of unbranched alkanes of at least 4 members (excludes halogenated alkanes) is 1. The van der Waals surface area contributed by atoms with E-state index in [1.54, 1.807) is 9.47 Å². The van der Waals surface area contributed by atoms with Crippen molar-refractivity contribution in [2.45, 2.75) is 124 Å². The molecule has 1 aromatic carbocycles. The summed E-state index contributed by atoms with van der Waals surface area (Å²) in [6.07, 6.45) is 9.57. The lowest BCUT2D eigenvalue weighted by atomic mass is 9.83. The number of fused-ring (bicyclic) bond motifs is 2. The Bertz CT molecular complexity index is 1690. The van der Waals surface area contributed by atoms with E-state index in [-0.39, 0.29) is 41.5 Å². The molecule has 3 fully saturated rings. The fourth-order valence-electron chi connectivity index (χ4n) is 8.59. The molecule has 53 heavy (non-hydrogen) atoms. The summed E-state index contributed by atoms with van der Waals surface area (Å²) >= 11 is 0. The highest BCUT2D eigenvalue weighted by Crippen LogP contribution is 2.65. The zero-order valence-electron chi connectivity index (χ0n) is 32.4. The molecule has 2 aliphatic carbocycles. The van der Waals surface area contributed by atoms with Crippen LogP contribution in [0.2, 0.25) is 0 Å². The summed E-state index contributed by atoms with van der Waals surface area (Å²) in [4.78, 5) is 70.4. The van der Waals surface area contributed by atoms with Gasteiger partial charge in [0.05, 0.1) is 12.1 Å². The third kappa shape index (κ3) is 8.73. The van der Waals surface area contributed by atoms with E-state index in [0.717, 1.165) is 49.3 Å². The van der Waals surface area contributed by atoms with E-state index >= 15 is 0 Å². The van der Waals surface area contributed by atoms with Gasteiger partial charge in [0, 0.05) is 36.6 Å². The zero-order chi connectivity index (χ0) is 38.7. The summed E-state index contributed by atoms with van der Waals surface area (Å²) in [6.45, 7) is 16.6. The Hall–Kier alpha value is -4.35. The van der Waals surface area contributed by atoms with E-state index in [0.29, 0.717) is 25.9 Å². The van der Waals surface area contributed by atoms with E-state index in [1.165, 1.54) is 6.08 Å². The second-order valence-electron chi connectivity index (χ2n) is 17.1. The number of carbonyl (C=O) groups is 5. The summed E-state index contributed by atoms with van der Waals surface area (Å²) in [5, 5.41) is 24.2.